The fraction of sp³-hybridized carbons (Fsp3) is 0. The van der Waals surface area contributed by atoms with Gasteiger partial charge in [0.05, 0.1) is 16.7 Å². The fourth-order valence-corrected chi connectivity index (χ4v) is 1.08. The van der Waals surface area contributed by atoms with Crippen LogP contribution in [0.3, 0.4) is 0 Å². The molecule has 0 saturated carbocycles. The molecule has 0 radical (unpaired) electrons. The molecule has 0 saturated heterocycles. The van der Waals surface area contributed by atoms with E-state index in [0.717, 1.165) is 18.2 Å². The fourth-order valence-electron chi connectivity index (χ4n) is 1.08. The molecule has 1 aromatic carbocycles. The van der Waals surface area contributed by atoms with Crippen molar-refractivity contribution in [3.63, 3.8) is 0 Å². The summed E-state index contributed by atoms with van der Waals surface area (Å²) in [7, 11) is 0. The number of nitrogens with zero attached hydrogens (tertiary/aromatic N) is 1. The minimum atomic E-state index is -1.42. The molecule has 0 aliphatic rings. The lowest BCUT2D eigenvalue weighted by Gasteiger charge is -2.01. The van der Waals surface area contributed by atoms with Crippen molar-refractivity contribution in [2.75, 3.05) is 0 Å². The molecule has 0 aromatic heterocycles. The first-order valence-electron chi connectivity index (χ1n) is 4.11. The van der Waals surface area contributed by atoms with E-state index in [9.17, 15) is 19.3 Å². The van der Waals surface area contributed by atoms with Crippen LogP contribution in [0.1, 0.15) is 31.1 Å². The van der Waals surface area contributed by atoms with Crippen LogP contribution in [-0.4, -0.2) is 28.1 Å². The third-order valence-corrected chi connectivity index (χ3v) is 1.78. The largest absolute Gasteiger partial charge is 0.478 e. The first kappa shape index (κ1) is 12.3. The molecule has 17 heavy (non-hydrogen) atoms. The molecule has 0 amide bonds. The summed E-state index contributed by atoms with van der Waals surface area (Å²) < 4.78 is 0. The van der Waals surface area contributed by atoms with Crippen LogP contribution >= 0.6 is 0 Å². The molecule has 0 unspecified atom stereocenters. The lowest BCUT2D eigenvalue weighted by Crippen LogP contribution is -2.08. The molecule has 1 aromatic rings. The van der Waals surface area contributed by atoms with E-state index in [-0.39, 0.29) is 5.56 Å². The van der Waals surface area contributed by atoms with Gasteiger partial charge in [-0.1, -0.05) is 0 Å². The van der Waals surface area contributed by atoms with Crippen molar-refractivity contribution < 1.29 is 29.4 Å². The van der Waals surface area contributed by atoms with Crippen LogP contribution in [0, 0.1) is 4.91 Å². The van der Waals surface area contributed by atoms with Crippen molar-refractivity contribution >= 4 is 17.9 Å². The minimum Gasteiger partial charge on any atom is -0.478 e. The molecule has 0 spiro atoms. The van der Waals surface area contributed by atoms with Gasteiger partial charge >= 0.3 is 17.9 Å². The van der Waals surface area contributed by atoms with Gasteiger partial charge in [-0.25, -0.2) is 14.4 Å². The van der Waals surface area contributed by atoms with Gasteiger partial charge in [-0.05, 0) is 18.2 Å². The number of aromatic carboxylic acids is 2. The number of hydrogen-bond donors (Lipinski definition) is 2. The lowest BCUT2D eigenvalue weighted by molar-refractivity contribution is 0.0508. The highest BCUT2D eigenvalue weighted by atomic mass is 16.7. The zero-order valence-electron chi connectivity index (χ0n) is 8.11. The van der Waals surface area contributed by atoms with E-state index in [1.165, 1.54) is 0 Å². The maximum absolute atomic E-state index is 11.1. The van der Waals surface area contributed by atoms with Gasteiger partial charge in [0, 0.05) is 0 Å². The predicted octanol–water partition coefficient (Wildman–Crippen LogP) is 0.921. The maximum atomic E-state index is 11.1. The molecule has 0 fully saturated rings. The van der Waals surface area contributed by atoms with E-state index in [0.29, 0.717) is 0 Å². The van der Waals surface area contributed by atoms with E-state index >= 15 is 0 Å². The van der Waals surface area contributed by atoms with Gasteiger partial charge < -0.3 is 10.2 Å². The van der Waals surface area contributed by atoms with Crippen molar-refractivity contribution in [2.45, 2.75) is 0 Å². The maximum Gasteiger partial charge on any atom is 0.369 e. The van der Waals surface area contributed by atoms with Crippen LogP contribution in [0.2, 0.25) is 0 Å². The molecule has 2 N–H and O–H groups in total. The normalized spacial score (nSPS) is 9.41. The summed E-state index contributed by atoms with van der Waals surface area (Å²) in [4.78, 5) is 45.9. The van der Waals surface area contributed by atoms with Gasteiger partial charge in [0.25, 0.3) is 0 Å². The molecule has 8 heteroatoms. The van der Waals surface area contributed by atoms with Gasteiger partial charge in [-0.3, -0.25) is 4.84 Å². The van der Waals surface area contributed by atoms with E-state index in [1.807, 2.05) is 5.34 Å². The number of carboxylic acids is 2. The summed E-state index contributed by atoms with van der Waals surface area (Å²) in [6.07, 6.45) is 0. The first-order valence-corrected chi connectivity index (χ1v) is 4.11. The van der Waals surface area contributed by atoms with Gasteiger partial charge in [-0.2, -0.15) is 0 Å². The molecule has 0 aliphatic carbocycles. The van der Waals surface area contributed by atoms with Crippen molar-refractivity contribution in [1.82, 2.24) is 0 Å². The first-order chi connectivity index (χ1) is 7.95. The Kier molecular flexibility index (Phi) is 3.50. The summed E-state index contributed by atoms with van der Waals surface area (Å²) in [5, 5.41) is 19.3. The molecule has 0 bridgehead atoms. The summed E-state index contributed by atoms with van der Waals surface area (Å²) in [5.74, 6) is -4.06. The Hall–Kier alpha value is -2.77. The van der Waals surface area contributed by atoms with E-state index < -0.39 is 29.0 Å². The second kappa shape index (κ2) is 4.84. The Labute approximate surface area is 93.4 Å². The van der Waals surface area contributed by atoms with Crippen LogP contribution in [0.5, 0.6) is 0 Å². The Morgan fingerprint density at radius 2 is 1.35 bits per heavy atom. The van der Waals surface area contributed by atoms with Gasteiger partial charge in [-0.15, -0.1) is 4.91 Å². The van der Waals surface area contributed by atoms with Crippen LogP contribution in [0.25, 0.3) is 0 Å². The van der Waals surface area contributed by atoms with Crippen LogP contribution in [0.4, 0.5) is 0 Å². The molecule has 0 aliphatic heterocycles. The summed E-state index contributed by atoms with van der Waals surface area (Å²) >= 11 is 0. The molecule has 8 nitrogen and oxygen atoms in total. The standard InChI is InChI=1S/C9H5NO7/c11-7(12)4-1-5(8(13)14)3-6(2-4)9(15)17-10-16/h1-3H,(H,11,12)(H,13,14). The highest BCUT2D eigenvalue weighted by Gasteiger charge is 2.16. The zero-order valence-corrected chi connectivity index (χ0v) is 8.11. The highest BCUT2D eigenvalue weighted by Crippen LogP contribution is 2.12. The number of hydrogen-bond acceptors (Lipinski definition) is 6. The third-order valence-electron chi connectivity index (χ3n) is 1.78. The summed E-state index contributed by atoms with van der Waals surface area (Å²) in [6.45, 7) is 0. The Balaban J connectivity index is 3.30. The van der Waals surface area contributed by atoms with Crippen molar-refractivity contribution in [1.29, 1.82) is 0 Å². The number of carboxylic acid groups (broad SMARTS) is 2. The lowest BCUT2D eigenvalue weighted by atomic mass is 10.1. The second-order valence-corrected chi connectivity index (χ2v) is 2.86. The van der Waals surface area contributed by atoms with Gasteiger partial charge in [0.2, 0.25) is 0 Å². The van der Waals surface area contributed by atoms with E-state index in [4.69, 9.17) is 10.2 Å². The number of benzene rings is 1. The van der Waals surface area contributed by atoms with Crippen LogP contribution in [-0.2, 0) is 4.84 Å². The monoisotopic (exact) mass is 239 g/mol. The predicted molar refractivity (Wildman–Crippen MR) is 51.6 cm³/mol. The quantitative estimate of drug-likeness (QED) is 0.589. The summed E-state index contributed by atoms with van der Waals surface area (Å²) in [5.41, 5.74) is -1.22. The van der Waals surface area contributed by atoms with Crippen molar-refractivity contribution in [2.24, 2.45) is 5.34 Å². The van der Waals surface area contributed by atoms with E-state index in [1.54, 1.807) is 0 Å². The summed E-state index contributed by atoms with van der Waals surface area (Å²) in [6, 6.07) is 2.63. The van der Waals surface area contributed by atoms with E-state index in [2.05, 4.69) is 4.84 Å². The average Bonchev–Trinajstić information content (AvgIpc) is 2.28. The molecule has 88 valence electrons. The number of carbonyl (C=O) groups is 3. The molecule has 1 rings (SSSR count). The molecule has 0 heterocycles. The zero-order chi connectivity index (χ0) is 13.0. The van der Waals surface area contributed by atoms with Crippen molar-refractivity contribution in [3.05, 3.63) is 39.8 Å². The third kappa shape index (κ3) is 2.84. The number of carbonyl (C=O) groups excluding carboxylic acids is 1. The average molecular weight is 239 g/mol. The SMILES string of the molecule is O=NOC(=O)c1cc(C(=O)O)cc(C(=O)O)c1. The molecular weight excluding hydrogens is 234 g/mol. The van der Waals surface area contributed by atoms with Crippen molar-refractivity contribution in [3.8, 4) is 0 Å². The molecular formula is C9H5NO7. The smallest absolute Gasteiger partial charge is 0.369 e. The topological polar surface area (TPSA) is 130 Å². The Morgan fingerprint density at radius 1 is 0.941 bits per heavy atom. The second-order valence-electron chi connectivity index (χ2n) is 2.86. The molecule has 0 atom stereocenters. The highest BCUT2D eigenvalue weighted by molar-refractivity contribution is 5.99. The van der Waals surface area contributed by atoms with Gasteiger partial charge in [0.15, 0.2) is 5.34 Å². The van der Waals surface area contributed by atoms with Crippen LogP contribution in [0.15, 0.2) is 23.5 Å². The Bertz CT molecular complexity index is 476. The van der Waals surface area contributed by atoms with Gasteiger partial charge in [0.1, 0.15) is 0 Å². The van der Waals surface area contributed by atoms with Crippen LogP contribution < -0.4 is 0 Å². The number of rotatable bonds is 4. The Morgan fingerprint density at radius 3 is 1.71 bits per heavy atom. The minimum absolute atomic E-state index is 0.387.